The van der Waals surface area contributed by atoms with Gasteiger partial charge in [0.15, 0.2) is 5.13 Å². The van der Waals surface area contributed by atoms with Crippen molar-refractivity contribution in [3.05, 3.63) is 93.5 Å². The Morgan fingerprint density at radius 1 is 1.03 bits per heavy atom. The fraction of sp³-hybridized carbons (Fsp3) is 0.0833. The molecule has 0 aliphatic heterocycles. The quantitative estimate of drug-likeness (QED) is 0.285. The summed E-state index contributed by atoms with van der Waals surface area (Å²) in [6.45, 7) is 0. The van der Waals surface area contributed by atoms with E-state index in [4.69, 9.17) is 16.0 Å². The van der Waals surface area contributed by atoms with Crippen LogP contribution in [-0.4, -0.2) is 10.9 Å². The maximum absolute atomic E-state index is 13.0. The van der Waals surface area contributed by atoms with Crippen LogP contribution in [0.1, 0.15) is 26.4 Å². The van der Waals surface area contributed by atoms with Crippen LogP contribution in [0.2, 0.25) is 5.02 Å². The Balaban J connectivity index is 1.35. The van der Waals surface area contributed by atoms with Crippen molar-refractivity contribution in [2.75, 3.05) is 5.32 Å². The van der Waals surface area contributed by atoms with Gasteiger partial charge in [-0.25, -0.2) is 4.98 Å². The maximum Gasteiger partial charge on any atom is 0.416 e. The topological polar surface area (TPSA) is 55.1 Å². The van der Waals surface area contributed by atoms with Crippen LogP contribution in [0, 0.1) is 0 Å². The van der Waals surface area contributed by atoms with E-state index in [0.29, 0.717) is 26.7 Å². The number of hydrogen-bond acceptors (Lipinski definition) is 4. The van der Waals surface area contributed by atoms with Gasteiger partial charge in [0.2, 0.25) is 0 Å². The number of aromatic nitrogens is 1. The molecule has 0 bridgehead atoms. The van der Waals surface area contributed by atoms with Crippen molar-refractivity contribution in [1.82, 2.24) is 4.98 Å². The normalized spacial score (nSPS) is 11.9. The molecule has 2 aromatic heterocycles. The number of hydrogen-bond donors (Lipinski definition) is 1. The van der Waals surface area contributed by atoms with E-state index in [1.54, 1.807) is 18.2 Å². The third-order valence-corrected chi connectivity index (χ3v) is 6.43. The van der Waals surface area contributed by atoms with Crippen molar-refractivity contribution in [3.8, 4) is 0 Å². The summed E-state index contributed by atoms with van der Waals surface area (Å²) in [6.07, 6.45) is -2.76. The number of halogens is 4. The third kappa shape index (κ3) is 4.31. The summed E-state index contributed by atoms with van der Waals surface area (Å²) in [4.78, 5) is 17.6. The first-order valence-electron chi connectivity index (χ1n) is 9.81. The number of nitrogens with one attached hydrogen (secondary N) is 1. The first-order valence-corrected chi connectivity index (χ1v) is 11.0. The molecule has 0 fully saturated rings. The molecule has 0 radical (unpaired) electrons. The molecule has 1 N–H and O–H groups in total. The van der Waals surface area contributed by atoms with E-state index in [0.717, 1.165) is 28.5 Å². The van der Waals surface area contributed by atoms with Crippen molar-refractivity contribution in [3.63, 3.8) is 0 Å². The summed E-state index contributed by atoms with van der Waals surface area (Å²) >= 11 is 7.27. The van der Waals surface area contributed by atoms with Gasteiger partial charge in [0.25, 0.3) is 5.91 Å². The second-order valence-corrected chi connectivity index (χ2v) is 8.90. The fourth-order valence-corrected chi connectivity index (χ4v) is 4.57. The number of rotatable bonds is 4. The molecule has 0 unspecified atom stereocenters. The van der Waals surface area contributed by atoms with Crippen LogP contribution in [0.3, 0.4) is 0 Å². The van der Waals surface area contributed by atoms with Crippen molar-refractivity contribution < 1.29 is 22.4 Å². The Hall–Kier alpha value is -3.36. The summed E-state index contributed by atoms with van der Waals surface area (Å²) in [5, 5.41) is 5.07. The zero-order chi connectivity index (χ0) is 23.2. The number of furan rings is 1. The molecule has 0 atom stereocenters. The highest BCUT2D eigenvalue weighted by Gasteiger charge is 2.31. The standard InChI is InChI=1S/C24H14ClF3N2O2S/c25-19-7-6-15(24(26,27)28)9-14(19)10-16-12-29-23(33-16)30-22(31)13-5-8-21-18(11-13)17-3-1-2-4-20(17)32-21/h1-9,11-12H,10H2,(H,29,30,31). The average molecular weight is 487 g/mol. The number of alkyl halides is 3. The molecule has 0 aliphatic rings. The minimum atomic E-state index is -4.45. The van der Waals surface area contributed by atoms with Gasteiger partial charge >= 0.3 is 6.18 Å². The largest absolute Gasteiger partial charge is 0.456 e. The lowest BCUT2D eigenvalue weighted by atomic mass is 10.1. The van der Waals surface area contributed by atoms with Crippen LogP contribution in [0.25, 0.3) is 21.9 Å². The highest BCUT2D eigenvalue weighted by Crippen LogP contribution is 2.34. The van der Waals surface area contributed by atoms with E-state index in [1.165, 1.54) is 23.6 Å². The third-order valence-electron chi connectivity index (χ3n) is 5.15. The van der Waals surface area contributed by atoms with Gasteiger partial charge in [0.1, 0.15) is 11.2 Å². The lowest BCUT2D eigenvalue weighted by molar-refractivity contribution is -0.137. The molecule has 0 spiro atoms. The lowest BCUT2D eigenvalue weighted by Crippen LogP contribution is -2.11. The van der Waals surface area contributed by atoms with Crippen molar-refractivity contribution in [2.24, 2.45) is 0 Å². The second kappa shape index (κ2) is 8.20. The number of carbonyl (C=O) groups is 1. The van der Waals surface area contributed by atoms with E-state index in [1.807, 2.05) is 24.3 Å². The van der Waals surface area contributed by atoms with Crippen LogP contribution in [0.4, 0.5) is 18.3 Å². The average Bonchev–Trinajstić information content (AvgIpc) is 3.37. The van der Waals surface area contributed by atoms with E-state index in [9.17, 15) is 18.0 Å². The number of fused-ring (bicyclic) bond motifs is 3. The molecule has 1 amide bonds. The Kier molecular flexibility index (Phi) is 5.34. The highest BCUT2D eigenvalue weighted by atomic mass is 35.5. The van der Waals surface area contributed by atoms with Gasteiger partial charge in [-0.2, -0.15) is 13.2 Å². The minimum absolute atomic E-state index is 0.170. The number of benzene rings is 3. The summed E-state index contributed by atoms with van der Waals surface area (Å²) in [5.74, 6) is -0.347. The molecular weight excluding hydrogens is 473 g/mol. The molecule has 2 heterocycles. The Morgan fingerprint density at radius 2 is 1.82 bits per heavy atom. The molecule has 0 aliphatic carbocycles. The number of anilines is 1. The molecule has 0 saturated heterocycles. The van der Waals surface area contributed by atoms with Crippen LogP contribution in [-0.2, 0) is 12.6 Å². The van der Waals surface area contributed by atoms with Gasteiger partial charge in [-0.1, -0.05) is 29.8 Å². The fourth-order valence-electron chi connectivity index (χ4n) is 3.56. The smallest absolute Gasteiger partial charge is 0.416 e. The zero-order valence-corrected chi connectivity index (χ0v) is 18.3. The number of para-hydroxylation sites is 1. The van der Waals surface area contributed by atoms with Crippen molar-refractivity contribution >= 4 is 55.9 Å². The summed E-state index contributed by atoms with van der Waals surface area (Å²) in [7, 11) is 0. The molecule has 5 rings (SSSR count). The van der Waals surface area contributed by atoms with Crippen LogP contribution in [0.5, 0.6) is 0 Å². The number of nitrogens with zero attached hydrogens (tertiary/aromatic N) is 1. The summed E-state index contributed by atoms with van der Waals surface area (Å²) in [6, 6.07) is 16.0. The summed E-state index contributed by atoms with van der Waals surface area (Å²) in [5.41, 5.74) is 1.43. The molecule has 0 saturated carbocycles. The van der Waals surface area contributed by atoms with Gasteiger partial charge in [-0.3, -0.25) is 10.1 Å². The number of carbonyl (C=O) groups excluding carboxylic acids is 1. The highest BCUT2D eigenvalue weighted by molar-refractivity contribution is 7.15. The lowest BCUT2D eigenvalue weighted by Gasteiger charge is -2.09. The van der Waals surface area contributed by atoms with E-state index < -0.39 is 11.7 Å². The number of thiazole rings is 1. The number of amides is 1. The molecule has 9 heteroatoms. The van der Waals surface area contributed by atoms with Gasteiger partial charge < -0.3 is 4.42 Å². The minimum Gasteiger partial charge on any atom is -0.456 e. The predicted octanol–water partition coefficient (Wildman–Crippen LogP) is 7.56. The Labute approximate surface area is 194 Å². The van der Waals surface area contributed by atoms with E-state index in [2.05, 4.69) is 10.3 Å². The molecule has 5 aromatic rings. The molecule has 3 aromatic carbocycles. The summed E-state index contributed by atoms with van der Waals surface area (Å²) < 4.78 is 44.8. The zero-order valence-electron chi connectivity index (χ0n) is 16.7. The van der Waals surface area contributed by atoms with Gasteiger partial charge in [-0.05, 0) is 48.0 Å². The molecule has 33 heavy (non-hydrogen) atoms. The Morgan fingerprint density at radius 3 is 2.64 bits per heavy atom. The van der Waals surface area contributed by atoms with Crippen LogP contribution >= 0.6 is 22.9 Å². The van der Waals surface area contributed by atoms with Gasteiger partial charge in [0.05, 0.1) is 5.56 Å². The van der Waals surface area contributed by atoms with Crippen molar-refractivity contribution in [1.29, 1.82) is 0 Å². The first kappa shape index (κ1) is 21.5. The first-order chi connectivity index (χ1) is 15.8. The van der Waals surface area contributed by atoms with Gasteiger partial charge in [-0.15, -0.1) is 11.3 Å². The SMILES string of the molecule is O=C(Nc1ncc(Cc2cc(C(F)(F)F)ccc2Cl)s1)c1ccc2oc3ccccc3c2c1. The Bertz CT molecular complexity index is 1510. The van der Waals surface area contributed by atoms with Crippen LogP contribution in [0.15, 0.2) is 71.3 Å². The maximum atomic E-state index is 13.0. The second-order valence-electron chi connectivity index (χ2n) is 7.38. The molecule has 4 nitrogen and oxygen atoms in total. The monoisotopic (exact) mass is 486 g/mol. The van der Waals surface area contributed by atoms with E-state index >= 15 is 0 Å². The predicted molar refractivity (Wildman–Crippen MR) is 123 cm³/mol. The molecule has 166 valence electrons. The van der Waals surface area contributed by atoms with Crippen molar-refractivity contribution in [2.45, 2.75) is 12.6 Å². The van der Waals surface area contributed by atoms with Gasteiger partial charge in [0, 0.05) is 38.9 Å². The van der Waals surface area contributed by atoms with E-state index in [-0.39, 0.29) is 17.4 Å². The molecular formula is C24H14ClF3N2O2S. The van der Waals surface area contributed by atoms with Crippen LogP contribution < -0.4 is 5.32 Å².